The Morgan fingerprint density at radius 1 is 1.25 bits per heavy atom. The molecule has 2 heterocycles. The number of rotatable bonds is 7. The lowest BCUT2D eigenvalue weighted by Crippen LogP contribution is -2.21. The molecule has 2 aromatic heterocycles. The van der Waals surface area contributed by atoms with Crippen molar-refractivity contribution in [2.75, 3.05) is 5.32 Å². The van der Waals surface area contributed by atoms with E-state index in [1.807, 2.05) is 31.2 Å². The first kappa shape index (κ1) is 18.3. The Balaban J connectivity index is 1.41. The molecule has 1 saturated carbocycles. The second-order valence-corrected chi connectivity index (χ2v) is 7.10. The number of alkyl halides is 2. The highest BCUT2D eigenvalue weighted by Crippen LogP contribution is 2.41. The van der Waals surface area contributed by atoms with Gasteiger partial charge in [-0.05, 0) is 37.0 Å². The van der Waals surface area contributed by atoms with E-state index in [0.29, 0.717) is 18.1 Å². The zero-order valence-corrected chi connectivity index (χ0v) is 15.5. The van der Waals surface area contributed by atoms with Gasteiger partial charge in [0, 0.05) is 23.9 Å². The van der Waals surface area contributed by atoms with Crippen molar-refractivity contribution in [1.82, 2.24) is 19.6 Å². The second kappa shape index (κ2) is 7.53. The molecule has 8 heteroatoms. The molecule has 146 valence electrons. The number of hydrogen-bond acceptors (Lipinski definition) is 3. The number of aryl methyl sites for hydroxylation is 1. The minimum absolute atomic E-state index is 0.108. The standard InChI is InChI=1S/C20H21F2N5O/c1-13-4-2-3-5-15(13)11-26-9-8-18(25-26)23-19(28)12-27-17(14-6-7-14)10-16(24-27)20(21)22/h2-5,8-10,14,20H,6-7,11-12H2,1H3,(H,23,25,28). The van der Waals surface area contributed by atoms with Crippen LogP contribution in [0.5, 0.6) is 0 Å². The van der Waals surface area contributed by atoms with Crippen LogP contribution in [0.2, 0.25) is 0 Å². The number of amides is 1. The molecule has 1 aliphatic carbocycles. The van der Waals surface area contributed by atoms with E-state index in [1.165, 1.54) is 16.3 Å². The Morgan fingerprint density at radius 2 is 2.04 bits per heavy atom. The van der Waals surface area contributed by atoms with Crippen molar-refractivity contribution in [2.24, 2.45) is 0 Å². The van der Waals surface area contributed by atoms with E-state index in [2.05, 4.69) is 15.5 Å². The van der Waals surface area contributed by atoms with Crippen LogP contribution >= 0.6 is 0 Å². The molecular formula is C20H21F2N5O. The molecule has 28 heavy (non-hydrogen) atoms. The van der Waals surface area contributed by atoms with Crippen LogP contribution < -0.4 is 5.32 Å². The van der Waals surface area contributed by atoms with Gasteiger partial charge >= 0.3 is 0 Å². The maximum absolute atomic E-state index is 12.9. The maximum Gasteiger partial charge on any atom is 0.282 e. The lowest BCUT2D eigenvalue weighted by molar-refractivity contribution is -0.117. The maximum atomic E-state index is 12.9. The molecule has 0 unspecified atom stereocenters. The molecule has 0 bridgehead atoms. The van der Waals surface area contributed by atoms with Crippen LogP contribution in [-0.2, 0) is 17.9 Å². The van der Waals surface area contributed by atoms with Gasteiger partial charge in [-0.25, -0.2) is 8.78 Å². The van der Waals surface area contributed by atoms with Gasteiger partial charge in [0.1, 0.15) is 12.2 Å². The number of nitrogens with one attached hydrogen (secondary N) is 1. The summed E-state index contributed by atoms with van der Waals surface area (Å²) in [7, 11) is 0. The van der Waals surface area contributed by atoms with Gasteiger partial charge in [0.2, 0.25) is 5.91 Å². The number of anilines is 1. The number of halogens is 2. The summed E-state index contributed by atoms with van der Waals surface area (Å²) < 4.78 is 29.0. The van der Waals surface area contributed by atoms with E-state index < -0.39 is 6.43 Å². The summed E-state index contributed by atoms with van der Waals surface area (Å²) in [5.41, 5.74) is 2.74. The van der Waals surface area contributed by atoms with Gasteiger partial charge in [0.15, 0.2) is 5.82 Å². The predicted molar refractivity (Wildman–Crippen MR) is 100 cm³/mol. The molecule has 1 N–H and O–H groups in total. The smallest absolute Gasteiger partial charge is 0.282 e. The normalized spacial score (nSPS) is 13.9. The highest BCUT2D eigenvalue weighted by Gasteiger charge is 2.30. The molecule has 0 aliphatic heterocycles. The number of carbonyl (C=O) groups is 1. The molecule has 0 saturated heterocycles. The average Bonchev–Trinajstić information content (AvgIpc) is 3.27. The topological polar surface area (TPSA) is 64.7 Å². The molecule has 6 nitrogen and oxygen atoms in total. The van der Waals surface area contributed by atoms with Crippen LogP contribution in [0.25, 0.3) is 0 Å². The third kappa shape index (κ3) is 4.11. The summed E-state index contributed by atoms with van der Waals surface area (Å²) in [5, 5.41) is 11.0. The van der Waals surface area contributed by atoms with Crippen molar-refractivity contribution >= 4 is 11.7 Å². The molecule has 1 amide bonds. The molecule has 0 radical (unpaired) electrons. The minimum Gasteiger partial charge on any atom is -0.308 e. The van der Waals surface area contributed by atoms with Crippen molar-refractivity contribution in [2.45, 2.75) is 45.2 Å². The van der Waals surface area contributed by atoms with Gasteiger partial charge in [-0.15, -0.1) is 0 Å². The van der Waals surface area contributed by atoms with E-state index >= 15 is 0 Å². The average molecular weight is 385 g/mol. The van der Waals surface area contributed by atoms with Crippen molar-refractivity contribution in [3.05, 3.63) is 65.1 Å². The Hall–Kier alpha value is -3.03. The Bertz CT molecular complexity index is 990. The van der Waals surface area contributed by atoms with Crippen LogP contribution in [0.4, 0.5) is 14.6 Å². The third-order valence-corrected chi connectivity index (χ3v) is 4.84. The molecule has 3 aromatic rings. The first-order valence-electron chi connectivity index (χ1n) is 9.23. The first-order chi connectivity index (χ1) is 13.5. The van der Waals surface area contributed by atoms with Crippen molar-refractivity contribution < 1.29 is 13.6 Å². The van der Waals surface area contributed by atoms with Crippen LogP contribution in [-0.4, -0.2) is 25.5 Å². The van der Waals surface area contributed by atoms with Gasteiger partial charge in [-0.1, -0.05) is 24.3 Å². The number of hydrogen-bond donors (Lipinski definition) is 1. The van der Waals surface area contributed by atoms with Crippen molar-refractivity contribution in [1.29, 1.82) is 0 Å². The number of benzene rings is 1. The molecule has 0 atom stereocenters. The lowest BCUT2D eigenvalue weighted by atomic mass is 10.1. The summed E-state index contributed by atoms with van der Waals surface area (Å²) in [4.78, 5) is 12.4. The summed E-state index contributed by atoms with van der Waals surface area (Å²) in [6, 6.07) is 11.2. The molecule has 0 spiro atoms. The largest absolute Gasteiger partial charge is 0.308 e. The fraction of sp³-hybridized carbons (Fsp3) is 0.350. The summed E-state index contributed by atoms with van der Waals surface area (Å²) in [5.74, 6) is 0.306. The Labute approximate surface area is 161 Å². The second-order valence-electron chi connectivity index (χ2n) is 7.10. The van der Waals surface area contributed by atoms with Crippen LogP contribution in [0.15, 0.2) is 42.6 Å². The van der Waals surface area contributed by atoms with Crippen molar-refractivity contribution in [3.63, 3.8) is 0 Å². The molecule has 1 fully saturated rings. The van der Waals surface area contributed by atoms with Gasteiger partial charge in [0.25, 0.3) is 6.43 Å². The fourth-order valence-corrected chi connectivity index (χ4v) is 3.19. The highest BCUT2D eigenvalue weighted by molar-refractivity contribution is 5.89. The number of aromatic nitrogens is 4. The van der Waals surface area contributed by atoms with Crippen LogP contribution in [0.3, 0.4) is 0 Å². The highest BCUT2D eigenvalue weighted by atomic mass is 19.3. The number of carbonyl (C=O) groups excluding carboxylic acids is 1. The summed E-state index contributed by atoms with van der Waals surface area (Å²) in [6.07, 6.45) is 1.04. The van der Waals surface area contributed by atoms with E-state index in [4.69, 9.17) is 0 Å². The SMILES string of the molecule is Cc1ccccc1Cn1ccc(NC(=O)Cn2nc(C(F)F)cc2C2CC2)n1. The van der Waals surface area contributed by atoms with Crippen molar-refractivity contribution in [3.8, 4) is 0 Å². The van der Waals surface area contributed by atoms with E-state index in [1.54, 1.807) is 16.9 Å². The molecule has 1 aliphatic rings. The molecule has 4 rings (SSSR count). The molecular weight excluding hydrogens is 364 g/mol. The van der Waals surface area contributed by atoms with E-state index in [9.17, 15) is 13.6 Å². The zero-order chi connectivity index (χ0) is 19.7. The van der Waals surface area contributed by atoms with Gasteiger partial charge < -0.3 is 5.32 Å². The van der Waals surface area contributed by atoms with Gasteiger partial charge in [-0.2, -0.15) is 10.2 Å². The minimum atomic E-state index is -2.64. The number of nitrogens with zero attached hydrogens (tertiary/aromatic N) is 4. The van der Waals surface area contributed by atoms with E-state index in [0.717, 1.165) is 18.4 Å². The summed E-state index contributed by atoms with van der Waals surface area (Å²) >= 11 is 0. The van der Waals surface area contributed by atoms with Gasteiger partial charge in [-0.3, -0.25) is 14.2 Å². The monoisotopic (exact) mass is 385 g/mol. The molecule has 1 aromatic carbocycles. The van der Waals surface area contributed by atoms with E-state index in [-0.39, 0.29) is 24.1 Å². The third-order valence-electron chi connectivity index (χ3n) is 4.84. The summed E-state index contributed by atoms with van der Waals surface area (Å²) in [6.45, 7) is 2.53. The fourth-order valence-electron chi connectivity index (χ4n) is 3.19. The van der Waals surface area contributed by atoms with Crippen LogP contribution in [0.1, 0.15) is 47.7 Å². The zero-order valence-electron chi connectivity index (χ0n) is 15.5. The Morgan fingerprint density at radius 3 is 2.75 bits per heavy atom. The Kier molecular flexibility index (Phi) is 4.93. The lowest BCUT2D eigenvalue weighted by Gasteiger charge is -2.07. The predicted octanol–water partition coefficient (Wildman–Crippen LogP) is 3.89. The quantitative estimate of drug-likeness (QED) is 0.671. The van der Waals surface area contributed by atoms with Gasteiger partial charge in [0.05, 0.1) is 6.54 Å². The first-order valence-corrected chi connectivity index (χ1v) is 9.23. The van der Waals surface area contributed by atoms with Crippen LogP contribution in [0, 0.1) is 6.92 Å².